The summed E-state index contributed by atoms with van der Waals surface area (Å²) in [7, 11) is 0. The van der Waals surface area contributed by atoms with Crippen LogP contribution in [0.3, 0.4) is 0 Å². The van der Waals surface area contributed by atoms with Gasteiger partial charge in [0.2, 0.25) is 0 Å². The molecule has 3 aromatic rings. The molecule has 1 saturated heterocycles. The molecule has 2 heterocycles. The largest absolute Gasteiger partial charge is 0.507 e. The number of benzene rings is 3. The van der Waals surface area contributed by atoms with Crippen molar-refractivity contribution in [3.05, 3.63) is 87.4 Å². The molecule has 1 unspecified atom stereocenters. The van der Waals surface area contributed by atoms with Crippen molar-refractivity contribution >= 4 is 34.7 Å². The first-order valence-corrected chi connectivity index (χ1v) is 12.5. The van der Waals surface area contributed by atoms with E-state index in [1.165, 1.54) is 11.0 Å². The number of ketones is 1. The summed E-state index contributed by atoms with van der Waals surface area (Å²) >= 11 is 6.37. The van der Waals surface area contributed by atoms with E-state index in [1.807, 2.05) is 6.92 Å². The first-order valence-electron chi connectivity index (χ1n) is 12.1. The van der Waals surface area contributed by atoms with Gasteiger partial charge in [-0.2, -0.15) is 0 Å². The van der Waals surface area contributed by atoms with Crippen LogP contribution in [0.25, 0.3) is 5.76 Å². The fraction of sp³-hybridized carbons (Fsp3) is 0.241. The van der Waals surface area contributed by atoms with Crippen molar-refractivity contribution in [3.8, 4) is 17.2 Å². The van der Waals surface area contributed by atoms with Gasteiger partial charge in [-0.1, -0.05) is 23.7 Å². The number of rotatable bonds is 5. The zero-order valence-electron chi connectivity index (χ0n) is 20.5. The Morgan fingerprint density at radius 2 is 1.95 bits per heavy atom. The Morgan fingerprint density at radius 1 is 1.14 bits per heavy atom. The summed E-state index contributed by atoms with van der Waals surface area (Å²) in [6, 6.07) is 14.0. The van der Waals surface area contributed by atoms with Crippen LogP contribution in [0, 0.1) is 6.92 Å². The van der Waals surface area contributed by atoms with Crippen LogP contribution in [0.1, 0.15) is 41.6 Å². The molecule has 1 amide bonds. The van der Waals surface area contributed by atoms with Crippen LogP contribution in [-0.2, 0) is 16.0 Å². The van der Waals surface area contributed by atoms with Gasteiger partial charge in [0.1, 0.15) is 11.5 Å². The van der Waals surface area contributed by atoms with E-state index in [-0.39, 0.29) is 22.8 Å². The number of aryl methyl sites for hydroxylation is 2. The van der Waals surface area contributed by atoms with Crippen LogP contribution in [-0.4, -0.2) is 35.1 Å². The number of carbonyl (C=O) groups is 2. The summed E-state index contributed by atoms with van der Waals surface area (Å²) in [6.07, 6.45) is 1.63. The minimum atomic E-state index is -0.981. The van der Waals surface area contributed by atoms with Gasteiger partial charge in [0.05, 0.1) is 24.8 Å². The Labute approximate surface area is 219 Å². The Hall–Kier alpha value is -3.97. The molecule has 0 aliphatic carbocycles. The zero-order chi connectivity index (χ0) is 26.3. The topological polar surface area (TPSA) is 96.3 Å². The second-order valence-electron chi connectivity index (χ2n) is 9.04. The van der Waals surface area contributed by atoms with E-state index >= 15 is 0 Å². The number of carbonyl (C=O) groups excluding carboxylic acids is 2. The van der Waals surface area contributed by atoms with Crippen molar-refractivity contribution in [2.45, 2.75) is 32.7 Å². The Kier molecular flexibility index (Phi) is 6.56. The Morgan fingerprint density at radius 3 is 2.70 bits per heavy atom. The predicted molar refractivity (Wildman–Crippen MR) is 141 cm³/mol. The molecule has 5 rings (SSSR count). The van der Waals surface area contributed by atoms with E-state index in [0.29, 0.717) is 35.1 Å². The van der Waals surface area contributed by atoms with Crippen LogP contribution >= 0.6 is 11.6 Å². The van der Waals surface area contributed by atoms with Gasteiger partial charge in [-0.05, 0) is 85.8 Å². The third kappa shape index (κ3) is 4.40. The number of amides is 1. The standard InChI is InChI=1S/C29H26ClNO6/c1-3-36-24-14-18(7-10-22(24)32)26-25(27(33)19-8-11-23-17(13-19)5-4-12-37-23)28(34)29(35)31(26)20-9-6-16(2)21(30)15-20/h6-11,13-15,26,32-33H,3-5,12H2,1-2H3/b27-25+. The number of hydrogen-bond acceptors (Lipinski definition) is 6. The lowest BCUT2D eigenvalue weighted by atomic mass is 9.93. The molecule has 1 fully saturated rings. The molecule has 0 saturated carbocycles. The number of ether oxygens (including phenoxy) is 2. The second kappa shape index (κ2) is 9.82. The maximum absolute atomic E-state index is 13.5. The fourth-order valence-electron chi connectivity index (χ4n) is 4.78. The number of aliphatic hydroxyl groups is 1. The lowest BCUT2D eigenvalue weighted by Gasteiger charge is -2.26. The molecule has 1 atom stereocenters. The molecule has 0 aromatic heterocycles. The molecule has 2 aliphatic rings. The van der Waals surface area contributed by atoms with Crippen molar-refractivity contribution in [1.82, 2.24) is 0 Å². The molecule has 190 valence electrons. The molecule has 0 spiro atoms. The lowest BCUT2D eigenvalue weighted by Crippen LogP contribution is -2.29. The highest BCUT2D eigenvalue weighted by atomic mass is 35.5. The van der Waals surface area contributed by atoms with Crippen LogP contribution < -0.4 is 14.4 Å². The predicted octanol–water partition coefficient (Wildman–Crippen LogP) is 5.70. The fourth-order valence-corrected chi connectivity index (χ4v) is 4.96. The van der Waals surface area contributed by atoms with Gasteiger partial charge >= 0.3 is 0 Å². The molecule has 7 nitrogen and oxygen atoms in total. The molecule has 3 aromatic carbocycles. The summed E-state index contributed by atoms with van der Waals surface area (Å²) in [6.45, 7) is 4.56. The number of aliphatic hydroxyl groups excluding tert-OH is 1. The monoisotopic (exact) mass is 519 g/mol. The van der Waals surface area contributed by atoms with Crippen LogP contribution in [0.5, 0.6) is 17.2 Å². The number of halogens is 1. The first-order chi connectivity index (χ1) is 17.8. The number of fused-ring (bicyclic) bond motifs is 1. The summed E-state index contributed by atoms with van der Waals surface area (Å²) in [4.78, 5) is 28.2. The average molecular weight is 520 g/mol. The van der Waals surface area contributed by atoms with Crippen LogP contribution in [0.2, 0.25) is 5.02 Å². The van der Waals surface area contributed by atoms with Crippen LogP contribution in [0.4, 0.5) is 5.69 Å². The third-order valence-corrected chi connectivity index (χ3v) is 7.07. The lowest BCUT2D eigenvalue weighted by molar-refractivity contribution is -0.132. The average Bonchev–Trinajstić information content (AvgIpc) is 3.16. The molecular weight excluding hydrogens is 494 g/mol. The minimum absolute atomic E-state index is 0.0634. The number of anilines is 1. The van der Waals surface area contributed by atoms with Crippen molar-refractivity contribution in [2.24, 2.45) is 0 Å². The first kappa shape index (κ1) is 24.7. The molecule has 2 N–H and O–H groups in total. The molecule has 0 radical (unpaired) electrons. The van der Waals surface area contributed by atoms with Gasteiger partial charge in [0, 0.05) is 16.3 Å². The molecular formula is C29H26ClNO6. The van der Waals surface area contributed by atoms with E-state index in [0.717, 1.165) is 29.7 Å². The van der Waals surface area contributed by atoms with E-state index < -0.39 is 17.7 Å². The molecule has 2 aliphatic heterocycles. The van der Waals surface area contributed by atoms with E-state index in [1.54, 1.807) is 55.5 Å². The van der Waals surface area contributed by atoms with E-state index in [4.69, 9.17) is 21.1 Å². The third-order valence-electron chi connectivity index (χ3n) is 6.66. The van der Waals surface area contributed by atoms with E-state index in [2.05, 4.69) is 0 Å². The summed E-state index contributed by atoms with van der Waals surface area (Å²) in [5.74, 6) is -1.02. The van der Waals surface area contributed by atoms with Crippen molar-refractivity contribution in [1.29, 1.82) is 0 Å². The van der Waals surface area contributed by atoms with Crippen molar-refractivity contribution in [3.63, 3.8) is 0 Å². The SMILES string of the molecule is CCOc1cc(C2/C(=C(\O)c3ccc4c(c3)CCCO4)C(=O)C(=O)N2c2ccc(C)c(Cl)c2)ccc1O. The van der Waals surface area contributed by atoms with Gasteiger partial charge in [0.25, 0.3) is 11.7 Å². The summed E-state index contributed by atoms with van der Waals surface area (Å²) in [5.41, 5.74) is 2.99. The molecule has 8 heteroatoms. The van der Waals surface area contributed by atoms with Crippen molar-refractivity contribution < 1.29 is 29.3 Å². The zero-order valence-corrected chi connectivity index (χ0v) is 21.2. The maximum Gasteiger partial charge on any atom is 0.300 e. The minimum Gasteiger partial charge on any atom is -0.507 e. The van der Waals surface area contributed by atoms with Gasteiger partial charge in [-0.25, -0.2) is 0 Å². The highest BCUT2D eigenvalue weighted by molar-refractivity contribution is 6.51. The van der Waals surface area contributed by atoms with Gasteiger partial charge in [-0.3, -0.25) is 14.5 Å². The molecule has 0 bridgehead atoms. The number of phenols is 1. The highest BCUT2D eigenvalue weighted by Gasteiger charge is 2.47. The number of phenolic OH excluding ortho intramolecular Hbond substituents is 1. The highest BCUT2D eigenvalue weighted by Crippen LogP contribution is 2.45. The number of nitrogens with zero attached hydrogens (tertiary/aromatic N) is 1. The van der Waals surface area contributed by atoms with Gasteiger partial charge in [-0.15, -0.1) is 0 Å². The van der Waals surface area contributed by atoms with Crippen molar-refractivity contribution in [2.75, 3.05) is 18.1 Å². The number of aromatic hydroxyl groups is 1. The Balaban J connectivity index is 1.71. The Bertz CT molecular complexity index is 1450. The molecule has 37 heavy (non-hydrogen) atoms. The van der Waals surface area contributed by atoms with Gasteiger partial charge < -0.3 is 19.7 Å². The summed E-state index contributed by atoms with van der Waals surface area (Å²) < 4.78 is 11.2. The van der Waals surface area contributed by atoms with Gasteiger partial charge in [0.15, 0.2) is 11.5 Å². The second-order valence-corrected chi connectivity index (χ2v) is 9.44. The maximum atomic E-state index is 13.5. The quantitative estimate of drug-likeness (QED) is 0.255. The normalized spacial score (nSPS) is 18.5. The van der Waals surface area contributed by atoms with Crippen LogP contribution in [0.15, 0.2) is 60.2 Å². The summed E-state index contributed by atoms with van der Waals surface area (Å²) in [5, 5.41) is 22.2. The van der Waals surface area contributed by atoms with E-state index in [9.17, 15) is 19.8 Å². The smallest absolute Gasteiger partial charge is 0.300 e. The number of hydrogen-bond donors (Lipinski definition) is 2. The number of Topliss-reactive ketones (excluding diaryl/α,β-unsaturated/α-hetero) is 1.